The zero-order valence-corrected chi connectivity index (χ0v) is 15.4. The molecule has 0 amide bonds. The van der Waals surface area contributed by atoms with Gasteiger partial charge in [0.1, 0.15) is 0 Å². The molecule has 0 unspecified atom stereocenters. The van der Waals surface area contributed by atoms with E-state index in [4.69, 9.17) is 21.1 Å². The van der Waals surface area contributed by atoms with E-state index in [1.165, 1.54) is 7.11 Å². The molecule has 140 valence electrons. The number of rotatable bonds is 4. The summed E-state index contributed by atoms with van der Waals surface area (Å²) in [4.78, 5) is 22.4. The summed E-state index contributed by atoms with van der Waals surface area (Å²) in [5, 5.41) is 8.61. The molecule has 4 rings (SSSR count). The van der Waals surface area contributed by atoms with Gasteiger partial charge in [0.2, 0.25) is 5.28 Å². The van der Waals surface area contributed by atoms with Gasteiger partial charge in [-0.05, 0) is 29.3 Å². The summed E-state index contributed by atoms with van der Waals surface area (Å²) in [7, 11) is 1.35. The van der Waals surface area contributed by atoms with Gasteiger partial charge in [-0.2, -0.15) is 9.97 Å². The molecule has 0 aliphatic carbocycles. The Morgan fingerprint density at radius 1 is 1.30 bits per heavy atom. The Kier molecular flexibility index (Phi) is 4.87. The SMILES string of the molecule is COC(=O)c1cccc(Cn2nnc3c(N4CCOCC4)nc(Cl)nc32)c1. The van der Waals surface area contributed by atoms with Gasteiger partial charge in [-0.15, -0.1) is 5.10 Å². The molecule has 0 radical (unpaired) electrons. The Morgan fingerprint density at radius 2 is 2.11 bits per heavy atom. The first-order chi connectivity index (χ1) is 13.2. The molecule has 0 spiro atoms. The fourth-order valence-corrected chi connectivity index (χ4v) is 3.17. The molecule has 1 fully saturated rings. The first kappa shape index (κ1) is 17.6. The van der Waals surface area contributed by atoms with Gasteiger partial charge in [0.25, 0.3) is 0 Å². The van der Waals surface area contributed by atoms with Crippen LogP contribution in [0.15, 0.2) is 24.3 Å². The maximum atomic E-state index is 11.7. The van der Waals surface area contributed by atoms with Crippen molar-refractivity contribution in [1.82, 2.24) is 25.0 Å². The van der Waals surface area contributed by atoms with Crippen LogP contribution in [0.2, 0.25) is 5.28 Å². The van der Waals surface area contributed by atoms with Crippen molar-refractivity contribution in [2.24, 2.45) is 0 Å². The van der Waals surface area contributed by atoms with Gasteiger partial charge in [-0.25, -0.2) is 9.48 Å². The summed E-state index contributed by atoms with van der Waals surface area (Å²) < 4.78 is 11.8. The number of fused-ring (bicyclic) bond motifs is 1. The van der Waals surface area contributed by atoms with Gasteiger partial charge in [0, 0.05) is 13.1 Å². The van der Waals surface area contributed by atoms with Crippen LogP contribution in [0.3, 0.4) is 0 Å². The lowest BCUT2D eigenvalue weighted by molar-refractivity contribution is 0.0600. The molecule has 3 aromatic rings. The van der Waals surface area contributed by atoms with Crippen LogP contribution in [0.1, 0.15) is 15.9 Å². The van der Waals surface area contributed by atoms with E-state index >= 15 is 0 Å². The minimum Gasteiger partial charge on any atom is -0.465 e. The second kappa shape index (κ2) is 7.45. The summed E-state index contributed by atoms with van der Waals surface area (Å²) in [6.07, 6.45) is 0. The molecular formula is C17H17ClN6O3. The van der Waals surface area contributed by atoms with Gasteiger partial charge in [-0.1, -0.05) is 17.3 Å². The van der Waals surface area contributed by atoms with Crippen molar-refractivity contribution in [2.75, 3.05) is 38.3 Å². The van der Waals surface area contributed by atoms with Crippen LogP contribution in [-0.4, -0.2) is 64.3 Å². The second-order valence-corrected chi connectivity index (χ2v) is 6.36. The Bertz CT molecular complexity index is 986. The number of hydrogen-bond donors (Lipinski definition) is 0. The maximum absolute atomic E-state index is 11.7. The number of halogens is 1. The smallest absolute Gasteiger partial charge is 0.337 e. The standard InChI is InChI=1S/C17H17ClN6O3/c1-26-16(25)12-4-2-3-11(9-12)10-24-15-13(21-22-24)14(19-17(18)20-15)23-5-7-27-8-6-23/h2-4,9H,5-8,10H2,1H3. The van der Waals surface area contributed by atoms with Gasteiger partial charge in [0.15, 0.2) is 17.0 Å². The minimum atomic E-state index is -0.389. The molecule has 1 aliphatic rings. The first-order valence-electron chi connectivity index (χ1n) is 8.42. The third-order valence-electron chi connectivity index (χ3n) is 4.31. The van der Waals surface area contributed by atoms with E-state index in [-0.39, 0.29) is 11.3 Å². The van der Waals surface area contributed by atoms with E-state index < -0.39 is 0 Å². The summed E-state index contributed by atoms with van der Waals surface area (Å²) in [6.45, 7) is 3.04. The molecule has 2 aromatic heterocycles. The number of carbonyl (C=O) groups is 1. The van der Waals surface area contributed by atoms with Crippen molar-refractivity contribution in [3.63, 3.8) is 0 Å². The van der Waals surface area contributed by atoms with Crippen molar-refractivity contribution < 1.29 is 14.3 Å². The lowest BCUT2D eigenvalue weighted by atomic mass is 10.1. The van der Waals surface area contributed by atoms with Crippen molar-refractivity contribution in [3.05, 3.63) is 40.7 Å². The fraction of sp³-hybridized carbons (Fsp3) is 0.353. The molecular weight excluding hydrogens is 372 g/mol. The topological polar surface area (TPSA) is 95.3 Å². The zero-order valence-electron chi connectivity index (χ0n) is 14.6. The van der Waals surface area contributed by atoms with Gasteiger partial charge in [0.05, 0.1) is 32.4 Å². The van der Waals surface area contributed by atoms with Crippen LogP contribution in [-0.2, 0) is 16.0 Å². The van der Waals surface area contributed by atoms with Crippen molar-refractivity contribution >= 4 is 34.6 Å². The highest BCUT2D eigenvalue weighted by Crippen LogP contribution is 2.24. The van der Waals surface area contributed by atoms with Crippen LogP contribution in [0.25, 0.3) is 11.2 Å². The molecule has 0 atom stereocenters. The van der Waals surface area contributed by atoms with E-state index in [2.05, 4.69) is 25.2 Å². The van der Waals surface area contributed by atoms with Crippen LogP contribution in [0, 0.1) is 0 Å². The summed E-state index contributed by atoms with van der Waals surface area (Å²) >= 11 is 6.15. The molecule has 3 heterocycles. The minimum absolute atomic E-state index is 0.135. The molecule has 1 aromatic carbocycles. The fourth-order valence-electron chi connectivity index (χ4n) is 3.01. The Labute approximate surface area is 159 Å². The normalized spacial score (nSPS) is 14.5. The molecule has 1 saturated heterocycles. The lowest BCUT2D eigenvalue weighted by Gasteiger charge is -2.27. The van der Waals surface area contributed by atoms with E-state index in [1.807, 2.05) is 6.07 Å². The second-order valence-electron chi connectivity index (χ2n) is 6.03. The Morgan fingerprint density at radius 3 is 2.89 bits per heavy atom. The highest BCUT2D eigenvalue weighted by atomic mass is 35.5. The molecule has 10 heteroatoms. The molecule has 0 N–H and O–H groups in total. The number of morpholine rings is 1. The van der Waals surface area contributed by atoms with Crippen molar-refractivity contribution in [2.45, 2.75) is 6.54 Å². The van der Waals surface area contributed by atoms with Crippen LogP contribution < -0.4 is 4.90 Å². The number of anilines is 1. The van der Waals surface area contributed by atoms with E-state index in [9.17, 15) is 4.79 Å². The average molecular weight is 389 g/mol. The molecule has 9 nitrogen and oxygen atoms in total. The van der Waals surface area contributed by atoms with E-state index in [1.54, 1.807) is 22.9 Å². The van der Waals surface area contributed by atoms with Crippen LogP contribution in [0.4, 0.5) is 5.82 Å². The van der Waals surface area contributed by atoms with Gasteiger partial charge >= 0.3 is 5.97 Å². The van der Waals surface area contributed by atoms with Gasteiger partial charge < -0.3 is 14.4 Å². The number of benzene rings is 1. The number of carbonyl (C=O) groups excluding carboxylic acids is 1. The summed E-state index contributed by atoms with van der Waals surface area (Å²) in [6, 6.07) is 7.14. The Balaban J connectivity index is 1.69. The number of hydrogen-bond acceptors (Lipinski definition) is 8. The highest BCUT2D eigenvalue weighted by Gasteiger charge is 2.21. The molecule has 0 bridgehead atoms. The third-order valence-corrected chi connectivity index (χ3v) is 4.48. The van der Waals surface area contributed by atoms with Crippen molar-refractivity contribution in [1.29, 1.82) is 0 Å². The predicted molar refractivity (Wildman–Crippen MR) is 98.0 cm³/mol. The van der Waals surface area contributed by atoms with E-state index in [0.29, 0.717) is 55.4 Å². The van der Waals surface area contributed by atoms with E-state index in [0.717, 1.165) is 5.56 Å². The summed E-state index contributed by atoms with van der Waals surface area (Å²) in [5.74, 6) is 0.267. The number of ether oxygens (including phenoxy) is 2. The first-order valence-corrected chi connectivity index (χ1v) is 8.80. The number of methoxy groups -OCH3 is 1. The number of nitrogens with zero attached hydrogens (tertiary/aromatic N) is 6. The quantitative estimate of drug-likeness (QED) is 0.490. The lowest BCUT2D eigenvalue weighted by Crippen LogP contribution is -2.37. The van der Waals surface area contributed by atoms with Crippen LogP contribution in [0.5, 0.6) is 0 Å². The van der Waals surface area contributed by atoms with Crippen molar-refractivity contribution in [3.8, 4) is 0 Å². The maximum Gasteiger partial charge on any atom is 0.337 e. The number of aromatic nitrogens is 5. The van der Waals surface area contributed by atoms with Gasteiger partial charge in [-0.3, -0.25) is 0 Å². The zero-order chi connectivity index (χ0) is 18.8. The van der Waals surface area contributed by atoms with Crippen LogP contribution >= 0.6 is 11.6 Å². The largest absolute Gasteiger partial charge is 0.465 e. The molecule has 27 heavy (non-hydrogen) atoms. The molecule has 1 aliphatic heterocycles. The third kappa shape index (κ3) is 3.56. The monoisotopic (exact) mass is 388 g/mol. The number of esters is 1. The highest BCUT2D eigenvalue weighted by molar-refractivity contribution is 6.28. The average Bonchev–Trinajstić information content (AvgIpc) is 3.10. The molecule has 0 saturated carbocycles. The predicted octanol–water partition coefficient (Wildman–Crippen LogP) is 1.55. The summed E-state index contributed by atoms with van der Waals surface area (Å²) in [5.41, 5.74) is 2.47. The Hall–Kier alpha value is -2.78.